The minimum absolute atomic E-state index is 0.681. The number of methoxy groups -OCH3 is 1. The van der Waals surface area contributed by atoms with Crippen molar-refractivity contribution in [1.29, 1.82) is 0 Å². The number of nitrogen functional groups attached to an aromatic ring is 1. The number of rotatable bonds is 5. The van der Waals surface area contributed by atoms with Crippen molar-refractivity contribution in [1.82, 2.24) is 14.5 Å². The summed E-state index contributed by atoms with van der Waals surface area (Å²) in [5.74, 6) is 0.897. The third-order valence-corrected chi connectivity index (χ3v) is 3.23. The first-order chi connectivity index (χ1) is 8.70. The van der Waals surface area contributed by atoms with Gasteiger partial charge in [0.15, 0.2) is 0 Å². The van der Waals surface area contributed by atoms with E-state index in [1.807, 2.05) is 25.2 Å². The molecule has 2 rings (SSSR count). The van der Waals surface area contributed by atoms with E-state index in [-0.39, 0.29) is 0 Å². The van der Waals surface area contributed by atoms with E-state index >= 15 is 0 Å². The van der Waals surface area contributed by atoms with Gasteiger partial charge in [0.2, 0.25) is 0 Å². The summed E-state index contributed by atoms with van der Waals surface area (Å²) < 4.78 is 9.16. The summed E-state index contributed by atoms with van der Waals surface area (Å²) in [6.07, 6.45) is 0. The lowest BCUT2D eigenvalue weighted by molar-refractivity contribution is 0.307. The maximum absolute atomic E-state index is 5.78. The molecular formula is C12H16N4OS. The summed E-state index contributed by atoms with van der Waals surface area (Å²) in [7, 11) is 3.70. The molecule has 0 radical (unpaired) electrons. The molecule has 0 fully saturated rings. The largest absolute Gasteiger partial charge is 0.496 e. The minimum Gasteiger partial charge on any atom is -0.496 e. The smallest absolute Gasteiger partial charge is 0.132 e. The first kappa shape index (κ1) is 12.8. The average molecular weight is 264 g/mol. The van der Waals surface area contributed by atoms with Crippen LogP contribution in [0.3, 0.4) is 0 Å². The Morgan fingerprint density at radius 3 is 2.78 bits per heavy atom. The van der Waals surface area contributed by atoms with Gasteiger partial charge in [-0.1, -0.05) is 22.7 Å². The lowest BCUT2D eigenvalue weighted by Crippen LogP contribution is -2.18. The maximum atomic E-state index is 5.78. The Kier molecular flexibility index (Phi) is 4.11. The van der Waals surface area contributed by atoms with Gasteiger partial charge in [0.05, 0.1) is 7.11 Å². The SMILES string of the molecule is COc1ccccc1CN(C)Cc1nnsc1N. The van der Waals surface area contributed by atoms with E-state index in [9.17, 15) is 0 Å². The molecule has 0 bridgehead atoms. The summed E-state index contributed by atoms with van der Waals surface area (Å²) >= 11 is 1.23. The van der Waals surface area contributed by atoms with Crippen molar-refractivity contribution in [3.63, 3.8) is 0 Å². The van der Waals surface area contributed by atoms with Crippen LogP contribution in [-0.2, 0) is 13.1 Å². The van der Waals surface area contributed by atoms with E-state index in [4.69, 9.17) is 10.5 Å². The van der Waals surface area contributed by atoms with Crippen molar-refractivity contribution in [3.8, 4) is 5.75 Å². The van der Waals surface area contributed by atoms with Crippen LogP contribution in [0.25, 0.3) is 0 Å². The Morgan fingerprint density at radius 1 is 1.33 bits per heavy atom. The molecule has 1 aromatic carbocycles. The Labute approximate surface area is 110 Å². The van der Waals surface area contributed by atoms with Crippen LogP contribution in [-0.4, -0.2) is 28.6 Å². The molecule has 1 heterocycles. The molecule has 2 aromatic rings. The first-order valence-corrected chi connectivity index (χ1v) is 6.35. The number of benzene rings is 1. The van der Waals surface area contributed by atoms with Gasteiger partial charge in [-0.15, -0.1) is 5.10 Å². The van der Waals surface area contributed by atoms with Crippen LogP contribution in [0, 0.1) is 0 Å². The fraction of sp³-hybridized carbons (Fsp3) is 0.333. The van der Waals surface area contributed by atoms with Crippen LogP contribution in [0.15, 0.2) is 24.3 Å². The molecule has 0 saturated carbocycles. The molecule has 2 N–H and O–H groups in total. The normalized spacial score (nSPS) is 10.8. The predicted octanol–water partition coefficient (Wildman–Crippen LogP) is 1.76. The molecule has 0 aliphatic rings. The van der Waals surface area contributed by atoms with Crippen molar-refractivity contribution in [3.05, 3.63) is 35.5 Å². The number of ether oxygens (including phenoxy) is 1. The fourth-order valence-corrected chi connectivity index (χ4v) is 2.20. The second-order valence-corrected chi connectivity index (χ2v) is 4.85. The Morgan fingerprint density at radius 2 is 2.11 bits per heavy atom. The highest BCUT2D eigenvalue weighted by molar-refractivity contribution is 7.09. The standard InChI is InChI=1S/C12H16N4OS/c1-16(8-10-12(13)18-15-14-10)7-9-5-3-4-6-11(9)17-2/h3-6H,7-8,13H2,1-2H3. The number of hydrogen-bond acceptors (Lipinski definition) is 6. The van der Waals surface area contributed by atoms with Gasteiger partial charge in [-0.2, -0.15) is 0 Å². The van der Waals surface area contributed by atoms with Crippen LogP contribution in [0.2, 0.25) is 0 Å². The number of aromatic nitrogens is 2. The van der Waals surface area contributed by atoms with E-state index in [0.717, 1.165) is 23.6 Å². The van der Waals surface area contributed by atoms with E-state index in [1.54, 1.807) is 7.11 Å². The lowest BCUT2D eigenvalue weighted by atomic mass is 10.2. The van der Waals surface area contributed by atoms with Crippen molar-refractivity contribution in [2.75, 3.05) is 19.9 Å². The first-order valence-electron chi connectivity index (χ1n) is 5.58. The van der Waals surface area contributed by atoms with Gasteiger partial charge in [-0.25, -0.2) is 0 Å². The number of nitrogens with two attached hydrogens (primary N) is 1. The number of hydrogen-bond donors (Lipinski definition) is 1. The highest BCUT2D eigenvalue weighted by atomic mass is 32.1. The second kappa shape index (κ2) is 5.79. The van der Waals surface area contributed by atoms with Gasteiger partial charge in [-0.05, 0) is 13.1 Å². The van der Waals surface area contributed by atoms with Crippen LogP contribution in [0.4, 0.5) is 5.00 Å². The summed E-state index contributed by atoms with van der Waals surface area (Å²) in [6, 6.07) is 7.98. The summed E-state index contributed by atoms with van der Waals surface area (Å²) in [4.78, 5) is 2.13. The molecule has 0 spiro atoms. The Hall–Kier alpha value is -1.66. The van der Waals surface area contributed by atoms with Crippen molar-refractivity contribution < 1.29 is 4.74 Å². The Balaban J connectivity index is 2.03. The molecule has 0 aliphatic heterocycles. The maximum Gasteiger partial charge on any atom is 0.132 e. The molecule has 0 atom stereocenters. The van der Waals surface area contributed by atoms with E-state index in [2.05, 4.69) is 20.6 Å². The van der Waals surface area contributed by atoms with E-state index < -0.39 is 0 Å². The molecular weight excluding hydrogens is 248 g/mol. The van der Waals surface area contributed by atoms with E-state index in [0.29, 0.717) is 11.5 Å². The molecule has 18 heavy (non-hydrogen) atoms. The zero-order valence-electron chi connectivity index (χ0n) is 10.5. The molecule has 0 unspecified atom stereocenters. The number of anilines is 1. The summed E-state index contributed by atoms with van der Waals surface area (Å²) in [6.45, 7) is 1.46. The lowest BCUT2D eigenvalue weighted by Gasteiger charge is -2.17. The second-order valence-electron chi connectivity index (χ2n) is 4.07. The summed E-state index contributed by atoms with van der Waals surface area (Å²) in [5.41, 5.74) is 7.75. The van der Waals surface area contributed by atoms with Gasteiger partial charge >= 0.3 is 0 Å². The van der Waals surface area contributed by atoms with Crippen molar-refractivity contribution in [2.24, 2.45) is 0 Å². The highest BCUT2D eigenvalue weighted by Gasteiger charge is 2.10. The van der Waals surface area contributed by atoms with Gasteiger partial charge < -0.3 is 10.5 Å². The van der Waals surface area contributed by atoms with Crippen molar-refractivity contribution in [2.45, 2.75) is 13.1 Å². The van der Waals surface area contributed by atoms with Crippen molar-refractivity contribution >= 4 is 16.5 Å². The zero-order chi connectivity index (χ0) is 13.0. The fourth-order valence-electron chi connectivity index (χ4n) is 1.76. The van der Waals surface area contributed by atoms with Gasteiger partial charge in [0.1, 0.15) is 16.4 Å². The molecule has 96 valence electrons. The van der Waals surface area contributed by atoms with Crippen LogP contribution in [0.1, 0.15) is 11.3 Å². The monoisotopic (exact) mass is 264 g/mol. The molecule has 0 amide bonds. The van der Waals surface area contributed by atoms with Gasteiger partial charge in [0.25, 0.3) is 0 Å². The number of nitrogens with zero attached hydrogens (tertiary/aromatic N) is 3. The third-order valence-electron chi connectivity index (χ3n) is 2.64. The molecule has 1 aromatic heterocycles. The Bertz CT molecular complexity index is 514. The quantitative estimate of drug-likeness (QED) is 0.891. The van der Waals surface area contributed by atoms with Crippen LogP contribution >= 0.6 is 11.5 Å². The zero-order valence-corrected chi connectivity index (χ0v) is 11.3. The molecule has 6 heteroatoms. The van der Waals surface area contributed by atoms with Crippen LogP contribution < -0.4 is 10.5 Å². The minimum atomic E-state index is 0.681. The van der Waals surface area contributed by atoms with E-state index in [1.165, 1.54) is 11.5 Å². The van der Waals surface area contributed by atoms with Gasteiger partial charge in [-0.3, -0.25) is 4.90 Å². The summed E-state index contributed by atoms with van der Waals surface area (Å²) in [5, 5.41) is 4.69. The predicted molar refractivity (Wildman–Crippen MR) is 72.5 cm³/mol. The number of para-hydroxylation sites is 1. The topological polar surface area (TPSA) is 64.3 Å². The molecule has 0 aliphatic carbocycles. The molecule has 5 nitrogen and oxygen atoms in total. The van der Waals surface area contributed by atoms with Crippen LogP contribution in [0.5, 0.6) is 5.75 Å². The molecule has 0 saturated heterocycles. The average Bonchev–Trinajstić information content (AvgIpc) is 2.75. The van der Waals surface area contributed by atoms with Gasteiger partial charge in [0, 0.05) is 30.2 Å². The highest BCUT2D eigenvalue weighted by Crippen LogP contribution is 2.20. The third kappa shape index (κ3) is 2.96.